The molecule has 3 rings (SSSR count). The van der Waals surface area contributed by atoms with Gasteiger partial charge in [0, 0.05) is 6.54 Å². The van der Waals surface area contributed by atoms with Gasteiger partial charge in [-0.1, -0.05) is 30.3 Å². The second kappa shape index (κ2) is 5.45. The molecule has 0 unspecified atom stereocenters. The first kappa shape index (κ1) is 12.2. The molecule has 19 heavy (non-hydrogen) atoms. The third kappa shape index (κ3) is 3.15. The van der Waals surface area contributed by atoms with Crippen LogP contribution in [0, 0.1) is 0 Å². The third-order valence-corrected chi connectivity index (χ3v) is 3.30. The van der Waals surface area contributed by atoms with E-state index in [-0.39, 0.29) is 0 Å². The van der Waals surface area contributed by atoms with Crippen LogP contribution in [0.2, 0.25) is 0 Å². The fraction of sp³-hybridized carbons (Fsp3) is 0.294. The van der Waals surface area contributed by atoms with Crippen molar-refractivity contribution in [3.63, 3.8) is 0 Å². The van der Waals surface area contributed by atoms with Gasteiger partial charge in [-0.3, -0.25) is 0 Å². The number of benzene rings is 2. The van der Waals surface area contributed by atoms with Crippen LogP contribution >= 0.6 is 0 Å². The van der Waals surface area contributed by atoms with Gasteiger partial charge in [0.15, 0.2) is 0 Å². The number of rotatable bonds is 5. The predicted molar refractivity (Wildman–Crippen MR) is 78.3 cm³/mol. The van der Waals surface area contributed by atoms with Gasteiger partial charge in [-0.2, -0.15) is 0 Å². The molecular formula is C17H19NO. The Balaban J connectivity index is 1.85. The predicted octanol–water partition coefficient (Wildman–Crippen LogP) is 3.61. The zero-order chi connectivity index (χ0) is 13.1. The lowest BCUT2D eigenvalue weighted by molar-refractivity contribution is 0.303. The summed E-state index contributed by atoms with van der Waals surface area (Å²) in [7, 11) is 1.97. The molecule has 0 radical (unpaired) electrons. The molecule has 2 aromatic carbocycles. The van der Waals surface area contributed by atoms with E-state index in [1.165, 1.54) is 29.5 Å². The number of hydrogen-bond donors (Lipinski definition) is 1. The van der Waals surface area contributed by atoms with Crippen LogP contribution in [0.1, 0.15) is 18.4 Å². The second-order valence-corrected chi connectivity index (χ2v) is 5.08. The second-order valence-electron chi connectivity index (χ2n) is 5.08. The molecule has 1 saturated carbocycles. The van der Waals surface area contributed by atoms with Crippen molar-refractivity contribution in [2.75, 3.05) is 7.05 Å². The highest BCUT2D eigenvalue weighted by atomic mass is 16.5. The van der Waals surface area contributed by atoms with Crippen LogP contribution in [0.3, 0.4) is 0 Å². The maximum absolute atomic E-state index is 5.85. The summed E-state index contributed by atoms with van der Waals surface area (Å²) in [6.45, 7) is 0.895. The molecule has 0 amide bonds. The van der Waals surface area contributed by atoms with Crippen molar-refractivity contribution in [1.29, 1.82) is 0 Å². The minimum Gasteiger partial charge on any atom is -0.490 e. The number of hydrogen-bond acceptors (Lipinski definition) is 2. The van der Waals surface area contributed by atoms with Crippen LogP contribution in [-0.4, -0.2) is 13.2 Å². The van der Waals surface area contributed by atoms with Crippen molar-refractivity contribution in [2.45, 2.75) is 25.5 Å². The molecule has 1 N–H and O–H groups in total. The Morgan fingerprint density at radius 2 is 1.79 bits per heavy atom. The van der Waals surface area contributed by atoms with Gasteiger partial charge in [0.1, 0.15) is 5.75 Å². The molecule has 2 aromatic rings. The lowest BCUT2D eigenvalue weighted by Crippen LogP contribution is -2.04. The van der Waals surface area contributed by atoms with Gasteiger partial charge in [0.05, 0.1) is 6.10 Å². The molecule has 0 heterocycles. The van der Waals surface area contributed by atoms with Crippen LogP contribution in [0.4, 0.5) is 0 Å². The summed E-state index contributed by atoms with van der Waals surface area (Å²) in [5.41, 5.74) is 3.76. The lowest BCUT2D eigenvalue weighted by atomic mass is 10.0. The summed E-state index contributed by atoms with van der Waals surface area (Å²) in [5.74, 6) is 0.985. The Bertz CT molecular complexity index is 561. The van der Waals surface area contributed by atoms with Crippen LogP contribution in [0.5, 0.6) is 5.75 Å². The molecule has 2 heteroatoms. The van der Waals surface area contributed by atoms with Crippen LogP contribution in [0.25, 0.3) is 11.1 Å². The summed E-state index contributed by atoms with van der Waals surface area (Å²) in [6.07, 6.45) is 2.84. The summed E-state index contributed by atoms with van der Waals surface area (Å²) >= 11 is 0. The molecule has 2 nitrogen and oxygen atoms in total. The maximum Gasteiger partial charge on any atom is 0.120 e. The lowest BCUT2D eigenvalue weighted by Gasteiger charge is -2.08. The fourth-order valence-electron chi connectivity index (χ4n) is 2.19. The van der Waals surface area contributed by atoms with Gasteiger partial charge in [-0.15, -0.1) is 0 Å². The molecule has 0 aromatic heterocycles. The highest BCUT2D eigenvalue weighted by Gasteiger charge is 2.23. The molecule has 98 valence electrons. The molecule has 0 saturated heterocycles. The average molecular weight is 253 g/mol. The molecule has 1 aliphatic carbocycles. The average Bonchev–Trinajstić information content (AvgIpc) is 3.24. The largest absolute Gasteiger partial charge is 0.490 e. The van der Waals surface area contributed by atoms with Crippen molar-refractivity contribution in [1.82, 2.24) is 5.32 Å². The molecule has 0 bridgehead atoms. The zero-order valence-corrected chi connectivity index (χ0v) is 11.2. The van der Waals surface area contributed by atoms with Crippen molar-refractivity contribution < 1.29 is 4.74 Å². The smallest absolute Gasteiger partial charge is 0.120 e. The van der Waals surface area contributed by atoms with Crippen LogP contribution in [0.15, 0.2) is 48.5 Å². The molecular weight excluding hydrogens is 234 g/mol. The van der Waals surface area contributed by atoms with Gasteiger partial charge in [-0.25, -0.2) is 0 Å². The summed E-state index contributed by atoms with van der Waals surface area (Å²) in [4.78, 5) is 0. The van der Waals surface area contributed by atoms with Crippen molar-refractivity contribution in [2.24, 2.45) is 0 Å². The summed E-state index contributed by atoms with van der Waals surface area (Å²) < 4.78 is 5.85. The first-order valence-electron chi connectivity index (χ1n) is 6.86. The Kier molecular flexibility index (Phi) is 3.51. The quantitative estimate of drug-likeness (QED) is 0.878. The van der Waals surface area contributed by atoms with Gasteiger partial charge in [0.2, 0.25) is 0 Å². The summed E-state index contributed by atoms with van der Waals surface area (Å²) in [5, 5.41) is 3.18. The molecule has 1 fully saturated rings. The third-order valence-electron chi connectivity index (χ3n) is 3.30. The number of ether oxygens (including phenoxy) is 1. The van der Waals surface area contributed by atoms with Gasteiger partial charge in [0.25, 0.3) is 0 Å². The SMILES string of the molecule is CNCc1cccc(-c2cccc(OC3CC3)c2)c1. The fourth-order valence-corrected chi connectivity index (χ4v) is 2.19. The Morgan fingerprint density at radius 3 is 2.53 bits per heavy atom. The van der Waals surface area contributed by atoms with E-state index in [4.69, 9.17) is 4.74 Å². The van der Waals surface area contributed by atoms with E-state index in [9.17, 15) is 0 Å². The van der Waals surface area contributed by atoms with E-state index in [1.807, 2.05) is 13.1 Å². The van der Waals surface area contributed by atoms with E-state index in [0.717, 1.165) is 12.3 Å². The van der Waals surface area contributed by atoms with E-state index >= 15 is 0 Å². The zero-order valence-electron chi connectivity index (χ0n) is 11.2. The van der Waals surface area contributed by atoms with Crippen LogP contribution in [-0.2, 0) is 6.54 Å². The van der Waals surface area contributed by atoms with E-state index in [0.29, 0.717) is 6.10 Å². The van der Waals surface area contributed by atoms with Crippen molar-refractivity contribution in [3.8, 4) is 16.9 Å². The highest BCUT2D eigenvalue weighted by molar-refractivity contribution is 5.65. The molecule has 1 aliphatic rings. The molecule has 0 aliphatic heterocycles. The van der Waals surface area contributed by atoms with Gasteiger partial charge in [-0.05, 0) is 54.8 Å². The van der Waals surface area contributed by atoms with E-state index in [2.05, 4.69) is 47.8 Å². The highest BCUT2D eigenvalue weighted by Crippen LogP contribution is 2.30. The monoisotopic (exact) mass is 253 g/mol. The van der Waals surface area contributed by atoms with E-state index < -0.39 is 0 Å². The Labute approximate surface area is 114 Å². The summed E-state index contributed by atoms with van der Waals surface area (Å²) in [6, 6.07) is 17.0. The number of nitrogens with one attached hydrogen (secondary N) is 1. The van der Waals surface area contributed by atoms with Crippen molar-refractivity contribution >= 4 is 0 Å². The van der Waals surface area contributed by atoms with Gasteiger partial charge >= 0.3 is 0 Å². The topological polar surface area (TPSA) is 21.3 Å². The maximum atomic E-state index is 5.85. The molecule has 0 spiro atoms. The van der Waals surface area contributed by atoms with Crippen molar-refractivity contribution in [3.05, 3.63) is 54.1 Å². The first-order chi connectivity index (χ1) is 9.35. The minimum atomic E-state index is 0.450. The molecule has 0 atom stereocenters. The van der Waals surface area contributed by atoms with E-state index in [1.54, 1.807) is 0 Å². The standard InChI is InChI=1S/C17H19NO/c1-18-12-13-4-2-5-14(10-13)15-6-3-7-17(11-15)19-16-8-9-16/h2-7,10-11,16,18H,8-9,12H2,1H3. The van der Waals surface area contributed by atoms with Gasteiger partial charge < -0.3 is 10.1 Å². The Hall–Kier alpha value is -1.80. The minimum absolute atomic E-state index is 0.450. The normalized spacial score (nSPS) is 14.4. The Morgan fingerprint density at radius 1 is 1.05 bits per heavy atom. The first-order valence-corrected chi connectivity index (χ1v) is 6.86. The van der Waals surface area contributed by atoms with Crippen LogP contribution < -0.4 is 10.1 Å².